The fourth-order valence-corrected chi connectivity index (χ4v) is 2.81. The van der Waals surface area contributed by atoms with Crippen molar-refractivity contribution in [3.8, 4) is 0 Å². The van der Waals surface area contributed by atoms with Gasteiger partial charge in [0, 0.05) is 17.1 Å². The van der Waals surface area contributed by atoms with Crippen molar-refractivity contribution < 1.29 is 48.2 Å². The molecule has 2 rings (SSSR count). The zero-order valence-electron chi connectivity index (χ0n) is 22.1. The molecule has 2 saturated carbocycles. The smallest absolute Gasteiger partial charge is 0.545 e. The van der Waals surface area contributed by atoms with Crippen LogP contribution in [0.3, 0.4) is 0 Å². The van der Waals surface area contributed by atoms with Crippen molar-refractivity contribution in [3.63, 3.8) is 0 Å². The molecule has 0 amide bonds. The first-order valence-electron chi connectivity index (χ1n) is 9.68. The van der Waals surface area contributed by atoms with Crippen LogP contribution in [0.4, 0.5) is 0 Å². The summed E-state index contributed by atoms with van der Waals surface area (Å²) in [7, 11) is 0. The molecular weight excluding hydrogens is 496 g/mol. The molecule has 2 fully saturated rings. The second-order valence-electron chi connectivity index (χ2n) is 7.39. The fraction of sp³-hybridized carbons (Fsp3) is 0.429. The Hall–Kier alpha value is -0.291. The van der Waals surface area contributed by atoms with Gasteiger partial charge in [-0.05, 0) is 59.2 Å². The van der Waals surface area contributed by atoms with E-state index in [1.54, 1.807) is 0 Å². The van der Waals surface area contributed by atoms with E-state index in [9.17, 15) is 0 Å². The predicted molar refractivity (Wildman–Crippen MR) is 126 cm³/mol. The Bertz CT molecular complexity index is 410. The second kappa shape index (κ2) is 26.3. The Morgan fingerprint density at radius 3 is 0.636 bits per heavy atom. The van der Waals surface area contributed by atoms with E-state index in [4.69, 9.17) is 20.7 Å². The molecule has 0 aromatic rings. The van der Waals surface area contributed by atoms with Gasteiger partial charge in [0.25, 0.3) is 0 Å². The van der Waals surface area contributed by atoms with Crippen molar-refractivity contribution >= 4 is 6.79 Å². The number of rotatable bonds is 0. The van der Waals surface area contributed by atoms with Gasteiger partial charge in [-0.15, -0.1) is 13.8 Å². The van der Waals surface area contributed by atoms with Gasteiger partial charge in [-0.25, -0.2) is 6.58 Å². The maximum atomic E-state index is 7.75. The summed E-state index contributed by atoms with van der Waals surface area (Å²) in [5.74, 6) is 14.7. The van der Waals surface area contributed by atoms with E-state index in [-0.39, 0.29) is 34.1 Å². The van der Waals surface area contributed by atoms with Crippen molar-refractivity contribution in [3.05, 3.63) is 90.4 Å². The van der Waals surface area contributed by atoms with E-state index >= 15 is 0 Å². The SMILES string of the molecule is C[C]1[C](C)[C](C)[C](C)[C]1C.C[C]1[C](C)[C](C)[C](C)[C]1C.[C-]#[O+].[C-]#[O+].[CH-]=C=C(C)C.[CH-]=O.[Fe+2].[Fe]. The first kappa shape index (κ1) is 46.1. The van der Waals surface area contributed by atoms with Crippen LogP contribution >= 0.6 is 0 Å². The first-order chi connectivity index (χ1) is 14.4. The third kappa shape index (κ3) is 16.1. The van der Waals surface area contributed by atoms with Crippen molar-refractivity contribution in [2.24, 2.45) is 0 Å². The summed E-state index contributed by atoms with van der Waals surface area (Å²) in [4.78, 5) is 7.75. The van der Waals surface area contributed by atoms with Crippen LogP contribution in [0, 0.1) is 79.1 Å². The van der Waals surface area contributed by atoms with E-state index in [1.165, 1.54) is 59.2 Å². The molecule has 0 heterocycles. The minimum absolute atomic E-state index is 0. The average Bonchev–Trinajstić information content (AvgIpc) is 3.08. The Balaban J connectivity index is -0.0000000749. The number of allylic oxidation sites excluding steroid dienone is 1. The van der Waals surface area contributed by atoms with Crippen molar-refractivity contribution in [2.75, 3.05) is 0 Å². The molecule has 184 valence electrons. The topological polar surface area (TPSA) is 56.9 Å². The third-order valence-corrected chi connectivity index (χ3v) is 5.91. The molecule has 5 heteroatoms. The molecule has 2 aliphatic carbocycles. The van der Waals surface area contributed by atoms with Crippen molar-refractivity contribution in [2.45, 2.75) is 83.1 Å². The largest absolute Gasteiger partial charge is 2.00 e. The van der Waals surface area contributed by atoms with Crippen LogP contribution in [0.5, 0.6) is 0 Å². The van der Waals surface area contributed by atoms with Gasteiger partial charge in [0.15, 0.2) is 0 Å². The molecule has 10 radical (unpaired) electrons. The Morgan fingerprint density at radius 2 is 0.606 bits per heavy atom. The van der Waals surface area contributed by atoms with Crippen molar-refractivity contribution in [1.82, 2.24) is 0 Å². The van der Waals surface area contributed by atoms with Gasteiger partial charge in [-0.3, -0.25) is 6.79 Å². The Labute approximate surface area is 227 Å². The molecule has 0 N–H and O–H groups in total. The van der Waals surface area contributed by atoms with Crippen LogP contribution in [-0.2, 0) is 48.2 Å². The third-order valence-electron chi connectivity index (χ3n) is 5.91. The Morgan fingerprint density at radius 1 is 0.545 bits per heavy atom. The van der Waals surface area contributed by atoms with E-state index in [0.29, 0.717) is 0 Å². The molecule has 2 aliphatic rings. The number of hydrogen-bond donors (Lipinski definition) is 0. The molecule has 0 bridgehead atoms. The van der Waals surface area contributed by atoms with Gasteiger partial charge in [0.2, 0.25) is 0 Å². The van der Waals surface area contributed by atoms with E-state index in [1.807, 2.05) is 13.8 Å². The minimum atomic E-state index is 0. The van der Waals surface area contributed by atoms with E-state index in [0.717, 1.165) is 5.57 Å². The van der Waals surface area contributed by atoms with Crippen LogP contribution < -0.4 is 0 Å². The van der Waals surface area contributed by atoms with Crippen LogP contribution in [0.25, 0.3) is 0 Å². The van der Waals surface area contributed by atoms with Crippen LogP contribution in [0.15, 0.2) is 11.3 Å². The molecule has 0 spiro atoms. The summed E-state index contributed by atoms with van der Waals surface area (Å²) >= 11 is 0. The fourth-order valence-electron chi connectivity index (χ4n) is 2.81. The molecule has 0 saturated heterocycles. The molecule has 33 heavy (non-hydrogen) atoms. The molecule has 0 aromatic carbocycles. The van der Waals surface area contributed by atoms with Gasteiger partial charge >= 0.3 is 39.7 Å². The second-order valence-corrected chi connectivity index (χ2v) is 7.39. The summed E-state index contributed by atoms with van der Waals surface area (Å²) < 4.78 is 15.0. The standard InChI is InChI=1S/2C10H15.C5H7.CHO.2CO.2Fe/c2*1-6-7(2)9(4)10(5)8(6)3;1-4-5(2)3;3*1-2;;/h2*1-5H3;1H,2-3H3;1H;;;;/q;;2*-1;;;;+2. The van der Waals surface area contributed by atoms with Crippen molar-refractivity contribution in [1.29, 1.82) is 0 Å². The van der Waals surface area contributed by atoms with Gasteiger partial charge in [0.1, 0.15) is 0 Å². The van der Waals surface area contributed by atoms with Gasteiger partial charge in [0.05, 0.1) is 0 Å². The van der Waals surface area contributed by atoms with Gasteiger partial charge in [-0.1, -0.05) is 69.2 Å². The van der Waals surface area contributed by atoms with Crippen LogP contribution in [0.2, 0.25) is 0 Å². The maximum absolute atomic E-state index is 7.75. The summed E-state index contributed by atoms with van der Waals surface area (Å²) in [6.45, 7) is 42.9. The predicted octanol–water partition coefficient (Wildman–Crippen LogP) is 7.13. The average molecular weight is 534 g/mol. The number of hydrogen-bond acceptors (Lipinski definition) is 1. The van der Waals surface area contributed by atoms with Crippen LogP contribution in [0.1, 0.15) is 83.1 Å². The minimum Gasteiger partial charge on any atom is -0.545 e. The normalized spacial score (nSPS) is 18.4. The maximum Gasteiger partial charge on any atom is 2.00 e. The molecular formula is C28H38Fe2O3. The summed E-state index contributed by atoms with van der Waals surface area (Å²) in [5.41, 5.74) is 3.48. The monoisotopic (exact) mass is 534 g/mol. The Kier molecular flexibility index (Phi) is 36.8. The molecule has 0 aromatic heterocycles. The molecule has 0 atom stereocenters. The van der Waals surface area contributed by atoms with Crippen LogP contribution in [-0.4, -0.2) is 6.79 Å². The molecule has 3 nitrogen and oxygen atoms in total. The zero-order valence-corrected chi connectivity index (χ0v) is 24.3. The quantitative estimate of drug-likeness (QED) is 0.107. The first-order valence-corrected chi connectivity index (χ1v) is 9.68. The van der Waals surface area contributed by atoms with Gasteiger partial charge < -0.3 is 10.5 Å². The zero-order chi connectivity index (χ0) is 26.1. The summed E-state index contributed by atoms with van der Waals surface area (Å²) in [6.07, 6.45) is 0. The number of carbonyl (C=O) groups excluding carboxylic acids is 1. The van der Waals surface area contributed by atoms with E-state index in [2.05, 4.69) is 95.1 Å². The summed E-state index contributed by atoms with van der Waals surface area (Å²) in [6, 6.07) is 0. The molecule has 0 aliphatic heterocycles. The van der Waals surface area contributed by atoms with E-state index < -0.39 is 0 Å². The summed E-state index contributed by atoms with van der Waals surface area (Å²) in [5, 5.41) is 0. The van der Waals surface area contributed by atoms with Gasteiger partial charge in [-0.2, -0.15) is 5.57 Å². The molecule has 0 unspecified atom stereocenters.